The first kappa shape index (κ1) is 13.7. The number of hydrogen-bond acceptors (Lipinski definition) is 2. The average molecular weight is 234 g/mol. The first-order chi connectivity index (χ1) is 7.99. The van der Waals surface area contributed by atoms with E-state index in [2.05, 4.69) is 24.4 Å². The van der Waals surface area contributed by atoms with Gasteiger partial charge in [0.05, 0.1) is 5.54 Å². The molecule has 0 saturated heterocycles. The van der Waals surface area contributed by atoms with Gasteiger partial charge in [-0.05, 0) is 30.9 Å². The third-order valence-corrected chi connectivity index (χ3v) is 3.14. The summed E-state index contributed by atoms with van der Waals surface area (Å²) in [4.78, 5) is 11.8. The molecular weight excluding hydrogens is 212 g/mol. The topological polar surface area (TPSA) is 55.1 Å². The van der Waals surface area contributed by atoms with Gasteiger partial charge in [-0.25, -0.2) is 0 Å². The minimum atomic E-state index is -0.774. The molecule has 3 heteroatoms. The molecular formula is C14H22N2O. The second-order valence-electron chi connectivity index (χ2n) is 4.62. The van der Waals surface area contributed by atoms with Gasteiger partial charge in [-0.15, -0.1) is 0 Å². The number of carbonyl (C=O) groups excluding carboxylic acids is 1. The van der Waals surface area contributed by atoms with Crippen molar-refractivity contribution in [1.82, 2.24) is 5.32 Å². The van der Waals surface area contributed by atoms with Crippen LogP contribution in [0.1, 0.15) is 38.3 Å². The van der Waals surface area contributed by atoms with E-state index in [-0.39, 0.29) is 5.91 Å². The lowest BCUT2D eigenvalue weighted by atomic mass is 9.99. The van der Waals surface area contributed by atoms with Gasteiger partial charge in [-0.3, -0.25) is 4.79 Å². The van der Waals surface area contributed by atoms with Crippen LogP contribution in [0.15, 0.2) is 24.3 Å². The van der Waals surface area contributed by atoms with Crippen molar-refractivity contribution in [2.24, 2.45) is 5.73 Å². The SMILES string of the molecule is CCc1ccc(CNC(=O)C(C)(N)CC)cc1. The Hall–Kier alpha value is -1.35. The molecule has 0 radical (unpaired) electrons. The maximum absolute atomic E-state index is 11.8. The summed E-state index contributed by atoms with van der Waals surface area (Å²) < 4.78 is 0. The van der Waals surface area contributed by atoms with Crippen LogP contribution in [0.4, 0.5) is 0 Å². The summed E-state index contributed by atoms with van der Waals surface area (Å²) >= 11 is 0. The number of hydrogen-bond donors (Lipinski definition) is 2. The summed E-state index contributed by atoms with van der Waals surface area (Å²) in [6.07, 6.45) is 1.66. The molecule has 0 aromatic heterocycles. The lowest BCUT2D eigenvalue weighted by molar-refractivity contribution is -0.126. The van der Waals surface area contributed by atoms with Gasteiger partial charge in [0.25, 0.3) is 0 Å². The van der Waals surface area contributed by atoms with Crippen LogP contribution < -0.4 is 11.1 Å². The van der Waals surface area contributed by atoms with E-state index in [9.17, 15) is 4.79 Å². The molecule has 0 bridgehead atoms. The zero-order valence-corrected chi connectivity index (χ0v) is 10.9. The molecule has 0 aliphatic rings. The summed E-state index contributed by atoms with van der Waals surface area (Å²) in [5.41, 5.74) is 7.49. The van der Waals surface area contributed by atoms with Crippen LogP contribution in [0.5, 0.6) is 0 Å². The minimum absolute atomic E-state index is 0.0976. The fourth-order valence-corrected chi connectivity index (χ4v) is 1.44. The van der Waals surface area contributed by atoms with Crippen LogP contribution in [0.25, 0.3) is 0 Å². The minimum Gasteiger partial charge on any atom is -0.350 e. The Morgan fingerprint density at radius 3 is 2.24 bits per heavy atom. The summed E-state index contributed by atoms with van der Waals surface area (Å²) in [6.45, 7) is 6.33. The van der Waals surface area contributed by atoms with E-state index in [1.807, 2.05) is 19.1 Å². The van der Waals surface area contributed by atoms with E-state index in [0.717, 1.165) is 12.0 Å². The number of aryl methyl sites for hydroxylation is 1. The van der Waals surface area contributed by atoms with Gasteiger partial charge < -0.3 is 11.1 Å². The standard InChI is InChI=1S/C14H22N2O/c1-4-11-6-8-12(9-7-11)10-16-13(17)14(3,15)5-2/h6-9H,4-5,10,15H2,1-3H3,(H,16,17). The van der Waals surface area contributed by atoms with Crippen molar-refractivity contribution in [2.75, 3.05) is 0 Å². The molecule has 1 aromatic carbocycles. The average Bonchev–Trinajstić information content (AvgIpc) is 2.36. The second-order valence-corrected chi connectivity index (χ2v) is 4.62. The number of carbonyl (C=O) groups is 1. The molecule has 3 N–H and O–H groups in total. The Balaban J connectivity index is 2.53. The van der Waals surface area contributed by atoms with E-state index >= 15 is 0 Å². The van der Waals surface area contributed by atoms with E-state index in [1.165, 1.54) is 5.56 Å². The first-order valence-electron chi connectivity index (χ1n) is 6.14. The van der Waals surface area contributed by atoms with Gasteiger partial charge in [-0.2, -0.15) is 0 Å². The zero-order valence-electron chi connectivity index (χ0n) is 10.9. The molecule has 1 aromatic rings. The van der Waals surface area contributed by atoms with Crippen molar-refractivity contribution in [3.8, 4) is 0 Å². The van der Waals surface area contributed by atoms with E-state index in [1.54, 1.807) is 6.92 Å². The number of benzene rings is 1. The predicted molar refractivity (Wildman–Crippen MR) is 70.6 cm³/mol. The van der Waals surface area contributed by atoms with Crippen LogP contribution in [0.3, 0.4) is 0 Å². The van der Waals surface area contributed by atoms with E-state index in [4.69, 9.17) is 5.73 Å². The van der Waals surface area contributed by atoms with Crippen molar-refractivity contribution in [2.45, 2.75) is 45.7 Å². The van der Waals surface area contributed by atoms with E-state index < -0.39 is 5.54 Å². The first-order valence-corrected chi connectivity index (χ1v) is 6.14. The molecule has 0 saturated carbocycles. The van der Waals surface area contributed by atoms with Gasteiger partial charge in [0, 0.05) is 6.54 Å². The molecule has 1 rings (SSSR count). The van der Waals surface area contributed by atoms with Crippen LogP contribution >= 0.6 is 0 Å². The highest BCUT2D eigenvalue weighted by Crippen LogP contribution is 2.07. The molecule has 1 amide bonds. The Bertz CT molecular complexity index is 368. The number of nitrogens with two attached hydrogens (primary N) is 1. The van der Waals surface area contributed by atoms with Gasteiger partial charge in [-0.1, -0.05) is 38.1 Å². The van der Waals surface area contributed by atoms with Crippen molar-refractivity contribution in [3.63, 3.8) is 0 Å². The molecule has 1 unspecified atom stereocenters. The smallest absolute Gasteiger partial charge is 0.240 e. The highest BCUT2D eigenvalue weighted by Gasteiger charge is 2.25. The van der Waals surface area contributed by atoms with Gasteiger partial charge in [0.2, 0.25) is 5.91 Å². The largest absolute Gasteiger partial charge is 0.350 e. The molecule has 0 fully saturated rings. The van der Waals surface area contributed by atoms with Crippen molar-refractivity contribution < 1.29 is 4.79 Å². The molecule has 0 heterocycles. The third-order valence-electron chi connectivity index (χ3n) is 3.14. The fourth-order valence-electron chi connectivity index (χ4n) is 1.44. The quantitative estimate of drug-likeness (QED) is 0.818. The summed E-state index contributed by atoms with van der Waals surface area (Å²) in [6, 6.07) is 8.25. The number of rotatable bonds is 5. The number of nitrogens with one attached hydrogen (secondary N) is 1. The van der Waals surface area contributed by atoms with Crippen molar-refractivity contribution in [3.05, 3.63) is 35.4 Å². The third kappa shape index (κ3) is 3.86. The Labute approximate surface area is 103 Å². The lowest BCUT2D eigenvalue weighted by Crippen LogP contribution is -2.50. The normalized spacial score (nSPS) is 14.1. The van der Waals surface area contributed by atoms with Gasteiger partial charge in [0.15, 0.2) is 0 Å². The summed E-state index contributed by atoms with van der Waals surface area (Å²) in [5.74, 6) is -0.0976. The summed E-state index contributed by atoms with van der Waals surface area (Å²) in [7, 11) is 0. The van der Waals surface area contributed by atoms with Crippen LogP contribution in [0.2, 0.25) is 0 Å². The van der Waals surface area contributed by atoms with Gasteiger partial charge >= 0.3 is 0 Å². The lowest BCUT2D eigenvalue weighted by Gasteiger charge is -2.21. The number of amides is 1. The maximum atomic E-state index is 11.8. The Morgan fingerprint density at radius 2 is 1.76 bits per heavy atom. The highest BCUT2D eigenvalue weighted by molar-refractivity contribution is 5.85. The van der Waals surface area contributed by atoms with Crippen LogP contribution in [0, 0.1) is 0 Å². The predicted octanol–water partition coefficient (Wildman–Crippen LogP) is 1.99. The monoisotopic (exact) mass is 234 g/mol. The maximum Gasteiger partial charge on any atom is 0.240 e. The zero-order chi connectivity index (χ0) is 12.9. The van der Waals surface area contributed by atoms with Gasteiger partial charge in [0.1, 0.15) is 0 Å². The van der Waals surface area contributed by atoms with Crippen LogP contribution in [-0.2, 0) is 17.8 Å². The molecule has 0 aliphatic heterocycles. The highest BCUT2D eigenvalue weighted by atomic mass is 16.2. The Kier molecular flexibility index (Phi) is 4.70. The fraction of sp³-hybridized carbons (Fsp3) is 0.500. The summed E-state index contributed by atoms with van der Waals surface area (Å²) in [5, 5.41) is 2.86. The van der Waals surface area contributed by atoms with Crippen molar-refractivity contribution in [1.29, 1.82) is 0 Å². The molecule has 0 aliphatic carbocycles. The molecule has 17 heavy (non-hydrogen) atoms. The molecule has 3 nitrogen and oxygen atoms in total. The second kappa shape index (κ2) is 5.82. The Morgan fingerprint density at radius 1 is 1.24 bits per heavy atom. The van der Waals surface area contributed by atoms with Crippen molar-refractivity contribution >= 4 is 5.91 Å². The molecule has 1 atom stereocenters. The molecule has 94 valence electrons. The van der Waals surface area contributed by atoms with Crippen LogP contribution in [-0.4, -0.2) is 11.4 Å². The molecule has 0 spiro atoms. The van der Waals surface area contributed by atoms with E-state index in [0.29, 0.717) is 13.0 Å².